The summed E-state index contributed by atoms with van der Waals surface area (Å²) in [5.41, 5.74) is 0. The van der Waals surface area contributed by atoms with Crippen LogP contribution in [0.4, 0.5) is 0 Å². The molecule has 0 radical (unpaired) electrons. The standard InChI is InChI=1S/C19H32N4O3S2.HI/c1-3-20-19(22(2)14-16-9-12-26-15-16)21-13-17-7-8-18(27-17)28(24,25)23-10-5-4-6-11-23;/h7-8,16H,3-6,9-15H2,1-2H3,(H,20,21);1H. The van der Waals surface area contributed by atoms with Crippen LogP contribution in [0.5, 0.6) is 0 Å². The quantitative estimate of drug-likeness (QED) is 0.318. The van der Waals surface area contributed by atoms with E-state index in [-0.39, 0.29) is 24.0 Å². The minimum atomic E-state index is -3.36. The van der Waals surface area contributed by atoms with Crippen molar-refractivity contribution in [3.8, 4) is 0 Å². The van der Waals surface area contributed by atoms with Gasteiger partial charge in [-0.15, -0.1) is 35.3 Å². The molecular formula is C19H33IN4O3S2. The van der Waals surface area contributed by atoms with Crippen LogP contribution in [-0.2, 0) is 21.3 Å². The van der Waals surface area contributed by atoms with E-state index in [0.717, 1.165) is 62.8 Å². The lowest BCUT2D eigenvalue weighted by Gasteiger charge is -2.25. The fourth-order valence-electron chi connectivity index (χ4n) is 3.64. The molecule has 0 aromatic carbocycles. The summed E-state index contributed by atoms with van der Waals surface area (Å²) >= 11 is 1.34. The second-order valence-electron chi connectivity index (χ2n) is 7.47. The number of hydrogen-bond donors (Lipinski definition) is 1. The Bertz CT molecular complexity index is 757. The number of sulfonamides is 1. The minimum Gasteiger partial charge on any atom is -0.381 e. The molecule has 0 saturated carbocycles. The SMILES string of the molecule is CCNC(=NCc1ccc(S(=O)(=O)N2CCCCC2)s1)N(C)CC1CCOC1.I. The molecule has 1 unspecified atom stereocenters. The van der Waals surface area contributed by atoms with Crippen molar-refractivity contribution in [3.63, 3.8) is 0 Å². The number of piperidine rings is 1. The van der Waals surface area contributed by atoms with Crippen LogP contribution in [0.15, 0.2) is 21.3 Å². The Morgan fingerprint density at radius 3 is 2.76 bits per heavy atom. The summed E-state index contributed by atoms with van der Waals surface area (Å²) in [7, 11) is -1.32. The number of rotatable bonds is 7. The molecule has 1 aromatic heterocycles. The number of nitrogens with one attached hydrogen (secondary N) is 1. The molecule has 0 bridgehead atoms. The van der Waals surface area contributed by atoms with E-state index in [0.29, 0.717) is 29.8 Å². The number of nitrogens with zero attached hydrogens (tertiary/aromatic N) is 3. The van der Waals surface area contributed by atoms with Crippen LogP contribution in [0.1, 0.15) is 37.5 Å². The van der Waals surface area contributed by atoms with E-state index in [4.69, 9.17) is 9.73 Å². The summed E-state index contributed by atoms with van der Waals surface area (Å²) in [6, 6.07) is 3.62. The zero-order valence-corrected chi connectivity index (χ0v) is 21.3. The molecule has 1 aromatic rings. The van der Waals surface area contributed by atoms with Gasteiger partial charge >= 0.3 is 0 Å². The van der Waals surface area contributed by atoms with Gasteiger partial charge in [-0.3, -0.25) is 0 Å². The highest BCUT2D eigenvalue weighted by molar-refractivity contribution is 14.0. The lowest BCUT2D eigenvalue weighted by atomic mass is 10.1. The van der Waals surface area contributed by atoms with Gasteiger partial charge in [-0.2, -0.15) is 4.31 Å². The molecule has 7 nitrogen and oxygen atoms in total. The zero-order valence-electron chi connectivity index (χ0n) is 17.3. The summed E-state index contributed by atoms with van der Waals surface area (Å²) in [5.74, 6) is 1.39. The molecule has 0 amide bonds. The van der Waals surface area contributed by atoms with Crippen molar-refractivity contribution in [2.45, 2.75) is 43.4 Å². The van der Waals surface area contributed by atoms with Gasteiger partial charge in [-0.25, -0.2) is 13.4 Å². The topological polar surface area (TPSA) is 74.2 Å². The van der Waals surface area contributed by atoms with Crippen molar-refractivity contribution in [1.29, 1.82) is 0 Å². The van der Waals surface area contributed by atoms with Crippen LogP contribution >= 0.6 is 35.3 Å². The predicted molar refractivity (Wildman–Crippen MR) is 129 cm³/mol. The molecule has 3 heterocycles. The molecule has 29 heavy (non-hydrogen) atoms. The Morgan fingerprint density at radius 2 is 2.10 bits per heavy atom. The molecule has 2 fully saturated rings. The van der Waals surface area contributed by atoms with Gasteiger partial charge in [0.05, 0.1) is 13.2 Å². The molecule has 0 aliphatic carbocycles. The molecule has 3 rings (SSSR count). The highest BCUT2D eigenvalue weighted by Gasteiger charge is 2.27. The Kier molecular flexibility index (Phi) is 10.1. The second kappa shape index (κ2) is 11.8. The first-order chi connectivity index (χ1) is 13.5. The van der Waals surface area contributed by atoms with Crippen LogP contribution < -0.4 is 5.32 Å². The first kappa shape index (κ1) is 24.8. The lowest BCUT2D eigenvalue weighted by molar-refractivity contribution is 0.181. The van der Waals surface area contributed by atoms with E-state index in [9.17, 15) is 8.42 Å². The number of ether oxygens (including phenoxy) is 1. The van der Waals surface area contributed by atoms with Gasteiger partial charge in [0.15, 0.2) is 5.96 Å². The molecule has 2 aliphatic rings. The van der Waals surface area contributed by atoms with Crippen LogP contribution in [0.2, 0.25) is 0 Å². The van der Waals surface area contributed by atoms with E-state index >= 15 is 0 Å². The van der Waals surface area contributed by atoms with Crippen molar-refractivity contribution in [3.05, 3.63) is 17.0 Å². The summed E-state index contributed by atoms with van der Waals surface area (Å²) in [6.45, 7) is 7.16. The number of hydrogen-bond acceptors (Lipinski definition) is 5. The maximum atomic E-state index is 12.8. The molecule has 0 spiro atoms. The van der Waals surface area contributed by atoms with E-state index in [1.807, 2.05) is 13.1 Å². The fourth-order valence-corrected chi connectivity index (χ4v) is 6.59. The monoisotopic (exact) mass is 556 g/mol. The van der Waals surface area contributed by atoms with Crippen molar-refractivity contribution >= 4 is 51.3 Å². The third-order valence-corrected chi connectivity index (χ3v) is 8.62. The molecular weight excluding hydrogens is 523 g/mol. The van der Waals surface area contributed by atoms with Gasteiger partial charge in [0.2, 0.25) is 0 Å². The molecule has 2 aliphatic heterocycles. The Hall–Kier alpha value is -0.430. The Balaban J connectivity index is 0.00000300. The van der Waals surface area contributed by atoms with Crippen LogP contribution in [0.25, 0.3) is 0 Å². The van der Waals surface area contributed by atoms with Crippen molar-refractivity contribution in [2.75, 3.05) is 46.4 Å². The predicted octanol–water partition coefficient (Wildman–Crippen LogP) is 2.97. The van der Waals surface area contributed by atoms with Gasteiger partial charge in [0, 0.05) is 50.6 Å². The van der Waals surface area contributed by atoms with Gasteiger partial charge in [0.1, 0.15) is 4.21 Å². The van der Waals surface area contributed by atoms with Gasteiger partial charge in [0.25, 0.3) is 10.0 Å². The van der Waals surface area contributed by atoms with Crippen LogP contribution in [-0.4, -0.2) is 70.0 Å². The van der Waals surface area contributed by atoms with E-state index < -0.39 is 10.0 Å². The Labute approximate surface area is 196 Å². The average molecular weight is 557 g/mol. The molecule has 10 heteroatoms. The number of thiophene rings is 1. The van der Waals surface area contributed by atoms with E-state index in [1.54, 1.807) is 10.4 Å². The number of guanidine groups is 1. The zero-order chi connectivity index (χ0) is 20.0. The molecule has 1 atom stereocenters. The van der Waals surface area contributed by atoms with Gasteiger partial charge in [-0.05, 0) is 38.3 Å². The Morgan fingerprint density at radius 1 is 1.34 bits per heavy atom. The highest BCUT2D eigenvalue weighted by Crippen LogP contribution is 2.27. The first-order valence-electron chi connectivity index (χ1n) is 10.2. The molecule has 2 saturated heterocycles. The third-order valence-electron chi connectivity index (χ3n) is 5.18. The minimum absolute atomic E-state index is 0. The maximum absolute atomic E-state index is 12.8. The lowest BCUT2D eigenvalue weighted by Crippen LogP contribution is -2.41. The normalized spacial score (nSPS) is 21.0. The highest BCUT2D eigenvalue weighted by atomic mass is 127. The summed E-state index contributed by atoms with van der Waals surface area (Å²) in [5, 5.41) is 3.33. The maximum Gasteiger partial charge on any atom is 0.252 e. The summed E-state index contributed by atoms with van der Waals surface area (Å²) in [6.07, 6.45) is 4.11. The van der Waals surface area contributed by atoms with Gasteiger partial charge < -0.3 is 15.0 Å². The molecule has 1 N–H and O–H groups in total. The van der Waals surface area contributed by atoms with Crippen molar-refractivity contribution in [1.82, 2.24) is 14.5 Å². The number of halogens is 1. The molecule has 166 valence electrons. The van der Waals surface area contributed by atoms with Gasteiger partial charge in [-0.1, -0.05) is 6.42 Å². The van der Waals surface area contributed by atoms with Crippen molar-refractivity contribution < 1.29 is 13.2 Å². The average Bonchev–Trinajstić information content (AvgIpc) is 3.38. The van der Waals surface area contributed by atoms with Crippen LogP contribution in [0.3, 0.4) is 0 Å². The second-order valence-corrected chi connectivity index (χ2v) is 10.8. The van der Waals surface area contributed by atoms with Crippen LogP contribution in [0, 0.1) is 5.92 Å². The van der Waals surface area contributed by atoms with E-state index in [1.165, 1.54) is 11.3 Å². The number of aliphatic imine (C=N–C) groups is 1. The largest absolute Gasteiger partial charge is 0.381 e. The first-order valence-corrected chi connectivity index (χ1v) is 12.4. The fraction of sp³-hybridized carbons (Fsp3) is 0.737. The summed E-state index contributed by atoms with van der Waals surface area (Å²) in [4.78, 5) is 7.83. The smallest absolute Gasteiger partial charge is 0.252 e. The summed E-state index contributed by atoms with van der Waals surface area (Å²) < 4.78 is 33.1. The van der Waals surface area contributed by atoms with E-state index in [2.05, 4.69) is 17.1 Å². The van der Waals surface area contributed by atoms with Crippen molar-refractivity contribution in [2.24, 2.45) is 10.9 Å². The third kappa shape index (κ3) is 6.78.